The summed E-state index contributed by atoms with van der Waals surface area (Å²) in [5.41, 5.74) is 5.79. The van der Waals surface area contributed by atoms with Crippen molar-refractivity contribution in [2.24, 2.45) is 5.73 Å². The van der Waals surface area contributed by atoms with Gasteiger partial charge >= 0.3 is 0 Å². The molecule has 36 heteroatoms. The second-order valence-electron chi connectivity index (χ2n) is 19.7. The topological polar surface area (TPSA) is 591 Å². The molecular formula is C42H73NO35. The lowest BCUT2D eigenvalue weighted by Crippen LogP contribution is -2.68. The third kappa shape index (κ3) is 13.1. The fourth-order valence-electron chi connectivity index (χ4n) is 9.93. The monoisotopic (exact) mass is 1150 g/mol. The van der Waals surface area contributed by atoms with Gasteiger partial charge in [-0.3, -0.25) is 0 Å². The van der Waals surface area contributed by atoms with Gasteiger partial charge in [-0.05, 0) is 0 Å². The van der Waals surface area contributed by atoms with Crippen LogP contribution in [0.25, 0.3) is 0 Å². The van der Waals surface area contributed by atoms with Crippen LogP contribution in [0, 0.1) is 0 Å². The normalized spacial score (nSPS) is 52.1. The van der Waals surface area contributed by atoms with Crippen molar-refractivity contribution in [3.05, 3.63) is 0 Å². The fourth-order valence-corrected chi connectivity index (χ4v) is 9.93. The van der Waals surface area contributed by atoms with Crippen LogP contribution < -0.4 is 5.73 Å². The molecule has 7 rings (SSSR count). The first-order chi connectivity index (χ1) is 37.0. The summed E-state index contributed by atoms with van der Waals surface area (Å²) in [4.78, 5) is 0. The molecule has 0 aromatic heterocycles. The average molecular weight is 1150 g/mol. The molecule has 36 nitrogen and oxygen atoms in total. The molecule has 7 heterocycles. The molecule has 0 bridgehead atoms. The van der Waals surface area contributed by atoms with Gasteiger partial charge in [-0.25, -0.2) is 0 Å². The van der Waals surface area contributed by atoms with Gasteiger partial charge in [-0.1, -0.05) is 0 Å². The lowest BCUT2D eigenvalue weighted by atomic mass is 9.95. The van der Waals surface area contributed by atoms with E-state index in [9.17, 15) is 112 Å². The van der Waals surface area contributed by atoms with Gasteiger partial charge in [0, 0.05) is 0 Å². The molecule has 0 saturated carbocycles. The van der Waals surface area contributed by atoms with E-state index >= 15 is 0 Å². The summed E-state index contributed by atoms with van der Waals surface area (Å²) in [5.74, 6) is 0. The molecule has 7 fully saturated rings. The van der Waals surface area contributed by atoms with Gasteiger partial charge < -0.3 is 180 Å². The van der Waals surface area contributed by atoms with E-state index < -0.39 is 261 Å². The maximum Gasteiger partial charge on any atom is 0.187 e. The van der Waals surface area contributed by atoms with Crippen molar-refractivity contribution in [2.45, 2.75) is 215 Å². The zero-order valence-electron chi connectivity index (χ0n) is 40.9. The minimum absolute atomic E-state index is 0.871. The molecule has 1 unspecified atom stereocenters. The third-order valence-electron chi connectivity index (χ3n) is 14.6. The second kappa shape index (κ2) is 27.5. The summed E-state index contributed by atoms with van der Waals surface area (Å²) in [5, 5.41) is 234. The Balaban J connectivity index is 1.19. The molecule has 0 spiro atoms. The van der Waals surface area contributed by atoms with Crippen molar-refractivity contribution >= 4 is 0 Å². The zero-order valence-corrected chi connectivity index (χ0v) is 40.9. The number of rotatable bonds is 21. The minimum atomic E-state index is -2.33. The largest absolute Gasteiger partial charge is 0.394 e. The van der Waals surface area contributed by atoms with Gasteiger partial charge in [0.1, 0.15) is 165 Å². The SMILES string of the molecule is N[C@H]1C(O)O[C@H](CO)[C@@H](O[C@H]2O[C@H](CO[C@H]3O[C@H](CO)[C@@H](O)[C@H](O)[C@@H]3O[C@H]3O[C@H](CO)[C@@H](O)[C@H](O[C@@H]4O[C@@H]([C@H](O)CO)[C@H](O)[C@H]4O)[C@@H]3O[C@H]3O[C@H](CO)[C@@H](O)[C@H](O[C@@H]4O[C@@H]([C@H](O)CO)[C@H](O)[C@H]4O)[C@@H]3O)[C@@H](O)[C@H](O)[C@@H]2O)[C@@H]1O. The summed E-state index contributed by atoms with van der Waals surface area (Å²) < 4.78 is 74.4. The van der Waals surface area contributed by atoms with E-state index in [0.29, 0.717) is 0 Å². The highest BCUT2D eigenvalue weighted by Crippen LogP contribution is 2.39. The number of aliphatic hydroxyl groups excluding tert-OH is 22. The molecule has 0 aromatic carbocycles. The summed E-state index contributed by atoms with van der Waals surface area (Å²) in [6.45, 7) is -7.03. The predicted molar refractivity (Wildman–Crippen MR) is 234 cm³/mol. The number of hydrogen-bond acceptors (Lipinski definition) is 36. The molecule has 0 aliphatic carbocycles. The van der Waals surface area contributed by atoms with Gasteiger partial charge in [0.05, 0.1) is 52.3 Å². The van der Waals surface area contributed by atoms with Crippen LogP contribution in [-0.4, -0.2) is 373 Å². The van der Waals surface area contributed by atoms with Crippen LogP contribution in [0.15, 0.2) is 0 Å². The molecule has 7 aliphatic rings. The Kier molecular flexibility index (Phi) is 22.6. The van der Waals surface area contributed by atoms with Crippen molar-refractivity contribution in [2.75, 3.05) is 46.2 Å². The van der Waals surface area contributed by atoms with E-state index in [4.69, 9.17) is 67.3 Å². The van der Waals surface area contributed by atoms with E-state index in [1.54, 1.807) is 0 Å². The number of hydrogen-bond donors (Lipinski definition) is 23. The van der Waals surface area contributed by atoms with Crippen LogP contribution in [0.3, 0.4) is 0 Å². The van der Waals surface area contributed by atoms with Crippen molar-refractivity contribution in [1.29, 1.82) is 0 Å². The Morgan fingerprint density at radius 3 is 1.26 bits per heavy atom. The van der Waals surface area contributed by atoms with Gasteiger partial charge in [-0.2, -0.15) is 0 Å². The lowest BCUT2D eigenvalue weighted by Gasteiger charge is -2.50. The zero-order chi connectivity index (χ0) is 57.3. The number of ether oxygens (including phenoxy) is 13. The van der Waals surface area contributed by atoms with Crippen LogP contribution in [0.2, 0.25) is 0 Å². The van der Waals surface area contributed by atoms with Crippen LogP contribution >= 0.6 is 0 Å². The summed E-state index contributed by atoms with van der Waals surface area (Å²) in [7, 11) is 0. The smallest absolute Gasteiger partial charge is 0.187 e. The first-order valence-electron chi connectivity index (χ1n) is 24.7. The first kappa shape index (κ1) is 64.1. The number of nitrogens with two attached hydrogens (primary N) is 1. The molecule has 7 aliphatic heterocycles. The Bertz CT molecular complexity index is 1820. The van der Waals surface area contributed by atoms with E-state index in [0.717, 1.165) is 0 Å². The minimum Gasteiger partial charge on any atom is -0.394 e. The molecule has 0 amide bonds. The maximum absolute atomic E-state index is 11.8. The highest BCUT2D eigenvalue weighted by molar-refractivity contribution is 5.01. The van der Waals surface area contributed by atoms with Gasteiger partial charge in [0.25, 0.3) is 0 Å². The Hall–Kier alpha value is -1.44. The second-order valence-corrected chi connectivity index (χ2v) is 19.7. The van der Waals surface area contributed by atoms with Gasteiger partial charge in [0.15, 0.2) is 44.0 Å². The standard InChI is InChI=1S/C42H73NO35/c43-15-20(56)31(13(6-49)67-36(15)65)74-37-25(61)21(57)17(53)14(71-37)7-66-41-34(22(58)16(52)10(3-46)69-41)77-42-35(33(19(55)12(5-48)70-42)76-39-27(63)24(60)30(73-39)9(51)2-45)78-40-28(64)32(18(54)11(4-47)68-40)75-38-26(62)23(59)29(72-38)8(50)1-44/h8-42,44-65H,1-7,43H2/t8-,9-,10-,11-,12-,13-,14-,15-,16-,17-,18-,19-,20-,21+,22+,23-,24-,25+,26-,27-,28+,29+,30+,31-,32+,33+,34+,35+,36?,37-,38+,39+,40-,41+,42-/m1/s1. The van der Waals surface area contributed by atoms with E-state index in [1.807, 2.05) is 0 Å². The van der Waals surface area contributed by atoms with Crippen LogP contribution in [0.5, 0.6) is 0 Å². The van der Waals surface area contributed by atoms with Crippen LogP contribution in [-0.2, 0) is 61.6 Å². The Labute approximate surface area is 440 Å². The van der Waals surface area contributed by atoms with E-state index in [2.05, 4.69) is 0 Å². The van der Waals surface area contributed by atoms with Crippen LogP contribution in [0.4, 0.5) is 0 Å². The molecule has 35 atom stereocenters. The van der Waals surface area contributed by atoms with Crippen molar-refractivity contribution in [3.63, 3.8) is 0 Å². The molecule has 0 aromatic rings. The Morgan fingerprint density at radius 1 is 0.321 bits per heavy atom. The summed E-state index contributed by atoms with van der Waals surface area (Å²) in [6, 6.07) is -1.51. The van der Waals surface area contributed by atoms with Crippen molar-refractivity contribution in [3.8, 4) is 0 Å². The number of aliphatic hydroxyl groups is 22. The molecule has 456 valence electrons. The summed E-state index contributed by atoms with van der Waals surface area (Å²) in [6.07, 6.45) is -67.3. The lowest BCUT2D eigenvalue weighted by molar-refractivity contribution is -0.407. The molecule has 24 N–H and O–H groups in total. The summed E-state index contributed by atoms with van der Waals surface area (Å²) >= 11 is 0. The maximum atomic E-state index is 11.8. The first-order valence-corrected chi connectivity index (χ1v) is 24.7. The molecular weight excluding hydrogens is 1080 g/mol. The van der Waals surface area contributed by atoms with Crippen molar-refractivity contribution in [1.82, 2.24) is 0 Å². The van der Waals surface area contributed by atoms with E-state index in [-0.39, 0.29) is 0 Å². The molecule has 78 heavy (non-hydrogen) atoms. The van der Waals surface area contributed by atoms with E-state index in [1.165, 1.54) is 0 Å². The molecule has 7 saturated heterocycles. The Morgan fingerprint density at radius 2 is 0.718 bits per heavy atom. The fraction of sp³-hybridized carbons (Fsp3) is 1.00. The molecule has 0 radical (unpaired) electrons. The predicted octanol–water partition coefficient (Wildman–Crippen LogP) is -16.3. The van der Waals surface area contributed by atoms with Gasteiger partial charge in [0.2, 0.25) is 0 Å². The van der Waals surface area contributed by atoms with Gasteiger partial charge in [-0.15, -0.1) is 0 Å². The highest BCUT2D eigenvalue weighted by Gasteiger charge is 2.59. The highest BCUT2D eigenvalue weighted by atomic mass is 16.8. The van der Waals surface area contributed by atoms with Crippen molar-refractivity contribution < 1.29 is 174 Å². The average Bonchev–Trinajstić information content (AvgIpc) is 3.93. The van der Waals surface area contributed by atoms with Crippen LogP contribution in [0.1, 0.15) is 0 Å². The third-order valence-corrected chi connectivity index (χ3v) is 14.6. The quantitative estimate of drug-likeness (QED) is 0.0507.